The van der Waals surface area contributed by atoms with Gasteiger partial charge in [-0.2, -0.15) is 4.31 Å². The Labute approximate surface area is 178 Å². The summed E-state index contributed by atoms with van der Waals surface area (Å²) in [6, 6.07) is 12.5. The summed E-state index contributed by atoms with van der Waals surface area (Å²) in [5, 5.41) is 2.85. The van der Waals surface area contributed by atoms with Crippen LogP contribution in [0.3, 0.4) is 0 Å². The summed E-state index contributed by atoms with van der Waals surface area (Å²) in [7, 11) is -3.72. The van der Waals surface area contributed by atoms with Gasteiger partial charge in [-0.1, -0.05) is 36.8 Å². The van der Waals surface area contributed by atoms with Crippen LogP contribution in [0.5, 0.6) is 0 Å². The zero-order valence-electron chi connectivity index (χ0n) is 17.5. The van der Waals surface area contributed by atoms with Crippen molar-refractivity contribution in [2.45, 2.75) is 62.9 Å². The topological polar surface area (TPSA) is 66.5 Å². The molecule has 0 spiro atoms. The van der Waals surface area contributed by atoms with Gasteiger partial charge in [-0.25, -0.2) is 12.8 Å². The number of amides is 1. The standard InChI is InChI=1S/C23H29FN2O3S/c1-3-23(27)25-16-4-5-20-12-15-22(18-8-10-19(24)11-9-18)26(20)30(28,29)21-13-6-17(2)7-14-21/h6-11,13-14,20,22H,3-5,12,15-16H2,1-2H3,(H,25,27). The maximum atomic E-state index is 13.6. The summed E-state index contributed by atoms with van der Waals surface area (Å²) in [4.78, 5) is 11.7. The van der Waals surface area contributed by atoms with Crippen LogP contribution in [0.15, 0.2) is 53.4 Å². The summed E-state index contributed by atoms with van der Waals surface area (Å²) < 4.78 is 42.2. The smallest absolute Gasteiger partial charge is 0.243 e. The fraction of sp³-hybridized carbons (Fsp3) is 0.435. The van der Waals surface area contributed by atoms with Crippen LogP contribution in [-0.2, 0) is 14.8 Å². The van der Waals surface area contributed by atoms with E-state index < -0.39 is 10.0 Å². The van der Waals surface area contributed by atoms with E-state index in [9.17, 15) is 17.6 Å². The number of rotatable bonds is 8. The van der Waals surface area contributed by atoms with Crippen LogP contribution in [-0.4, -0.2) is 31.2 Å². The molecule has 3 rings (SSSR count). The SMILES string of the molecule is CCC(=O)NCCCC1CCC(c2ccc(F)cc2)N1S(=O)(=O)c1ccc(C)cc1. The Hall–Kier alpha value is -2.25. The largest absolute Gasteiger partial charge is 0.356 e. The van der Waals surface area contributed by atoms with Crippen molar-refractivity contribution in [1.29, 1.82) is 0 Å². The molecule has 0 bridgehead atoms. The van der Waals surface area contributed by atoms with Crippen molar-refractivity contribution in [3.8, 4) is 0 Å². The van der Waals surface area contributed by atoms with Gasteiger partial charge < -0.3 is 5.32 Å². The summed E-state index contributed by atoms with van der Waals surface area (Å²) >= 11 is 0. The summed E-state index contributed by atoms with van der Waals surface area (Å²) in [6.07, 6.45) is 3.21. The number of aryl methyl sites for hydroxylation is 1. The lowest BCUT2D eigenvalue weighted by Gasteiger charge is -2.30. The molecule has 1 aliphatic heterocycles. The Kier molecular flexibility index (Phi) is 7.26. The molecule has 0 aliphatic carbocycles. The molecule has 162 valence electrons. The molecule has 0 aromatic heterocycles. The Morgan fingerprint density at radius 2 is 1.77 bits per heavy atom. The second-order valence-electron chi connectivity index (χ2n) is 7.79. The van der Waals surface area contributed by atoms with E-state index in [2.05, 4.69) is 5.32 Å². The van der Waals surface area contributed by atoms with Gasteiger partial charge in [-0.05, 0) is 62.4 Å². The third-order valence-electron chi connectivity index (χ3n) is 5.65. The van der Waals surface area contributed by atoms with E-state index in [1.165, 1.54) is 12.1 Å². The zero-order chi connectivity index (χ0) is 21.7. The molecule has 1 heterocycles. The van der Waals surface area contributed by atoms with E-state index in [0.29, 0.717) is 32.2 Å². The Morgan fingerprint density at radius 3 is 2.40 bits per heavy atom. The number of benzene rings is 2. The number of hydrogen-bond donors (Lipinski definition) is 1. The van der Waals surface area contributed by atoms with E-state index in [1.54, 1.807) is 47.6 Å². The number of halogens is 1. The molecule has 2 atom stereocenters. The molecule has 1 saturated heterocycles. The van der Waals surface area contributed by atoms with E-state index in [-0.39, 0.29) is 28.7 Å². The van der Waals surface area contributed by atoms with Crippen molar-refractivity contribution in [3.63, 3.8) is 0 Å². The molecule has 5 nitrogen and oxygen atoms in total. The van der Waals surface area contributed by atoms with E-state index >= 15 is 0 Å². The van der Waals surface area contributed by atoms with Crippen molar-refractivity contribution in [2.75, 3.05) is 6.54 Å². The van der Waals surface area contributed by atoms with Gasteiger partial charge in [0.1, 0.15) is 5.82 Å². The van der Waals surface area contributed by atoms with Crippen LogP contribution in [0.1, 0.15) is 56.2 Å². The number of nitrogens with zero attached hydrogens (tertiary/aromatic N) is 1. The number of sulfonamides is 1. The molecular weight excluding hydrogens is 403 g/mol. The average Bonchev–Trinajstić information content (AvgIpc) is 3.16. The minimum absolute atomic E-state index is 0.00487. The monoisotopic (exact) mass is 432 g/mol. The van der Waals surface area contributed by atoms with Crippen molar-refractivity contribution < 1.29 is 17.6 Å². The maximum Gasteiger partial charge on any atom is 0.243 e. The van der Waals surface area contributed by atoms with Gasteiger partial charge in [0.15, 0.2) is 0 Å². The van der Waals surface area contributed by atoms with Crippen LogP contribution in [0.2, 0.25) is 0 Å². The molecule has 2 aromatic rings. The normalized spacial score (nSPS) is 19.7. The molecule has 1 N–H and O–H groups in total. The Bertz CT molecular complexity index is 959. The fourth-order valence-corrected chi connectivity index (χ4v) is 5.90. The molecule has 1 aliphatic rings. The van der Waals surface area contributed by atoms with Crippen LogP contribution < -0.4 is 5.32 Å². The van der Waals surface area contributed by atoms with Gasteiger partial charge in [0, 0.05) is 19.0 Å². The molecule has 0 radical (unpaired) electrons. The second kappa shape index (κ2) is 9.71. The van der Waals surface area contributed by atoms with Crippen LogP contribution in [0, 0.1) is 12.7 Å². The van der Waals surface area contributed by atoms with Crippen molar-refractivity contribution in [1.82, 2.24) is 9.62 Å². The van der Waals surface area contributed by atoms with Gasteiger partial charge in [-0.3, -0.25) is 4.79 Å². The van der Waals surface area contributed by atoms with Gasteiger partial charge >= 0.3 is 0 Å². The first-order chi connectivity index (χ1) is 14.3. The number of hydrogen-bond acceptors (Lipinski definition) is 3. The van der Waals surface area contributed by atoms with E-state index in [1.807, 2.05) is 6.92 Å². The molecule has 0 saturated carbocycles. The number of carbonyl (C=O) groups excluding carboxylic acids is 1. The molecule has 7 heteroatoms. The zero-order valence-corrected chi connectivity index (χ0v) is 18.3. The second-order valence-corrected chi connectivity index (χ2v) is 9.64. The third kappa shape index (κ3) is 5.08. The first kappa shape index (κ1) is 22.4. The predicted molar refractivity (Wildman–Crippen MR) is 115 cm³/mol. The Balaban J connectivity index is 1.86. The first-order valence-electron chi connectivity index (χ1n) is 10.4. The van der Waals surface area contributed by atoms with Crippen LogP contribution >= 0.6 is 0 Å². The maximum absolute atomic E-state index is 13.6. The highest BCUT2D eigenvalue weighted by Gasteiger charge is 2.42. The molecular formula is C23H29FN2O3S. The quantitative estimate of drug-likeness (QED) is 0.631. The van der Waals surface area contributed by atoms with Gasteiger partial charge in [0.25, 0.3) is 0 Å². The summed E-state index contributed by atoms with van der Waals surface area (Å²) in [5.74, 6) is -0.345. The van der Waals surface area contributed by atoms with Crippen molar-refractivity contribution in [2.24, 2.45) is 0 Å². The number of nitrogens with one attached hydrogen (secondary N) is 1. The lowest BCUT2D eigenvalue weighted by Crippen LogP contribution is -2.38. The van der Waals surface area contributed by atoms with Gasteiger partial charge in [0.05, 0.1) is 10.9 Å². The highest BCUT2D eigenvalue weighted by atomic mass is 32.2. The van der Waals surface area contributed by atoms with Crippen molar-refractivity contribution in [3.05, 3.63) is 65.5 Å². The van der Waals surface area contributed by atoms with Crippen LogP contribution in [0.25, 0.3) is 0 Å². The summed E-state index contributed by atoms with van der Waals surface area (Å²) in [6.45, 7) is 4.25. The molecule has 1 fully saturated rings. The molecule has 1 amide bonds. The van der Waals surface area contributed by atoms with E-state index in [0.717, 1.165) is 17.5 Å². The molecule has 2 aromatic carbocycles. The van der Waals surface area contributed by atoms with Gasteiger partial charge in [0.2, 0.25) is 15.9 Å². The lowest BCUT2D eigenvalue weighted by molar-refractivity contribution is -0.120. The highest BCUT2D eigenvalue weighted by molar-refractivity contribution is 7.89. The first-order valence-corrected chi connectivity index (χ1v) is 11.9. The predicted octanol–water partition coefficient (Wildman–Crippen LogP) is 4.33. The van der Waals surface area contributed by atoms with E-state index in [4.69, 9.17) is 0 Å². The average molecular weight is 433 g/mol. The minimum Gasteiger partial charge on any atom is -0.356 e. The van der Waals surface area contributed by atoms with Gasteiger partial charge in [-0.15, -0.1) is 0 Å². The lowest BCUT2D eigenvalue weighted by atomic mass is 10.0. The fourth-order valence-electron chi connectivity index (χ4n) is 4.02. The molecule has 30 heavy (non-hydrogen) atoms. The molecule has 2 unspecified atom stereocenters. The van der Waals surface area contributed by atoms with Crippen LogP contribution in [0.4, 0.5) is 4.39 Å². The highest BCUT2D eigenvalue weighted by Crippen LogP contribution is 2.42. The minimum atomic E-state index is -3.72. The summed E-state index contributed by atoms with van der Waals surface area (Å²) in [5.41, 5.74) is 1.79. The van der Waals surface area contributed by atoms with Crippen molar-refractivity contribution >= 4 is 15.9 Å². The Morgan fingerprint density at radius 1 is 1.10 bits per heavy atom. The number of carbonyl (C=O) groups is 1. The third-order valence-corrected chi connectivity index (χ3v) is 7.62.